The van der Waals surface area contributed by atoms with Crippen LogP contribution >= 0.6 is 0 Å². The molecule has 2 aliphatic heterocycles. The molecule has 0 spiro atoms. The van der Waals surface area contributed by atoms with Gasteiger partial charge in [0.15, 0.2) is 0 Å². The van der Waals surface area contributed by atoms with E-state index in [4.69, 9.17) is 0 Å². The molecule has 2 atom stereocenters. The molecule has 3 heterocycles. The molecule has 0 aliphatic carbocycles. The summed E-state index contributed by atoms with van der Waals surface area (Å²) in [6.45, 7) is 1.72. The van der Waals surface area contributed by atoms with Crippen molar-refractivity contribution in [1.29, 1.82) is 0 Å². The van der Waals surface area contributed by atoms with E-state index in [2.05, 4.69) is 10.00 Å². The lowest BCUT2D eigenvalue weighted by Gasteiger charge is -2.37. The van der Waals surface area contributed by atoms with Crippen molar-refractivity contribution in [3.63, 3.8) is 0 Å². The van der Waals surface area contributed by atoms with E-state index in [0.717, 1.165) is 37.8 Å². The standard InChI is InChI=1S/C21H27N3O2/c25-19-14-17-8-9-18(15-19)23(17)12-4-5-13-24-21(26)20(10-11-22-24)16-6-2-1-3-7-16/h1-3,6-7,10-11,17-19,25H,4-5,8-9,12-15H2. The zero-order chi connectivity index (χ0) is 17.9. The molecule has 5 heteroatoms. The van der Waals surface area contributed by atoms with E-state index in [0.29, 0.717) is 24.2 Å². The summed E-state index contributed by atoms with van der Waals surface area (Å²) >= 11 is 0. The number of aromatic nitrogens is 2. The van der Waals surface area contributed by atoms with Crippen molar-refractivity contribution >= 4 is 0 Å². The summed E-state index contributed by atoms with van der Waals surface area (Å²) in [6, 6.07) is 12.7. The molecule has 1 aromatic heterocycles. The molecule has 0 saturated carbocycles. The first kappa shape index (κ1) is 17.4. The number of aryl methyl sites for hydroxylation is 1. The van der Waals surface area contributed by atoms with Gasteiger partial charge in [0.1, 0.15) is 0 Å². The lowest BCUT2D eigenvalue weighted by atomic mass is 9.99. The smallest absolute Gasteiger partial charge is 0.274 e. The lowest BCUT2D eigenvalue weighted by Crippen LogP contribution is -2.45. The Kier molecular flexibility index (Phi) is 5.18. The Hall–Kier alpha value is -1.98. The fourth-order valence-electron chi connectivity index (χ4n) is 4.61. The van der Waals surface area contributed by atoms with Crippen molar-refractivity contribution < 1.29 is 5.11 Å². The van der Waals surface area contributed by atoms with Crippen LogP contribution in [0.25, 0.3) is 11.1 Å². The summed E-state index contributed by atoms with van der Waals surface area (Å²) < 4.78 is 1.59. The third kappa shape index (κ3) is 3.60. The summed E-state index contributed by atoms with van der Waals surface area (Å²) in [6.07, 6.45) is 7.93. The molecule has 1 aromatic carbocycles. The van der Waals surface area contributed by atoms with E-state index >= 15 is 0 Å². The second-order valence-corrected chi connectivity index (χ2v) is 7.59. The van der Waals surface area contributed by atoms with Crippen LogP contribution in [-0.2, 0) is 6.54 Å². The SMILES string of the molecule is O=c1c(-c2ccccc2)ccnn1CCCCN1C2CCC1CC(O)C2. The summed E-state index contributed by atoms with van der Waals surface area (Å²) in [5.41, 5.74) is 1.64. The van der Waals surface area contributed by atoms with E-state index in [1.807, 2.05) is 30.3 Å². The minimum absolute atomic E-state index is 0.0140. The zero-order valence-corrected chi connectivity index (χ0v) is 15.1. The summed E-state index contributed by atoms with van der Waals surface area (Å²) in [7, 11) is 0. The summed E-state index contributed by atoms with van der Waals surface area (Å²) in [5.74, 6) is 0. The molecule has 1 N–H and O–H groups in total. The Balaban J connectivity index is 1.34. The Morgan fingerprint density at radius 1 is 1.00 bits per heavy atom. The van der Waals surface area contributed by atoms with E-state index in [1.165, 1.54) is 12.8 Å². The predicted octanol–water partition coefficient (Wildman–Crippen LogP) is 2.68. The molecule has 26 heavy (non-hydrogen) atoms. The molecule has 0 radical (unpaired) electrons. The van der Waals surface area contributed by atoms with Crippen molar-refractivity contribution in [1.82, 2.24) is 14.7 Å². The van der Waals surface area contributed by atoms with Gasteiger partial charge in [-0.05, 0) is 56.7 Å². The Morgan fingerprint density at radius 3 is 2.42 bits per heavy atom. The van der Waals surface area contributed by atoms with Gasteiger partial charge in [-0.25, -0.2) is 4.68 Å². The highest BCUT2D eigenvalue weighted by atomic mass is 16.3. The summed E-state index contributed by atoms with van der Waals surface area (Å²) in [5, 5.41) is 14.2. The fourth-order valence-corrected chi connectivity index (χ4v) is 4.61. The molecule has 2 unspecified atom stereocenters. The molecule has 2 saturated heterocycles. The van der Waals surface area contributed by atoms with E-state index in [1.54, 1.807) is 16.9 Å². The number of nitrogens with zero attached hydrogens (tertiary/aromatic N) is 3. The van der Waals surface area contributed by atoms with Crippen molar-refractivity contribution in [2.24, 2.45) is 0 Å². The minimum Gasteiger partial charge on any atom is -0.393 e. The van der Waals surface area contributed by atoms with E-state index < -0.39 is 0 Å². The molecule has 4 rings (SSSR count). The van der Waals surface area contributed by atoms with Crippen molar-refractivity contribution in [3.8, 4) is 11.1 Å². The van der Waals surface area contributed by atoms with Gasteiger partial charge in [0, 0.05) is 24.8 Å². The van der Waals surface area contributed by atoms with Crippen LogP contribution in [0.4, 0.5) is 0 Å². The van der Waals surface area contributed by atoms with Gasteiger partial charge >= 0.3 is 0 Å². The normalized spacial score (nSPS) is 25.5. The fraction of sp³-hybridized carbons (Fsp3) is 0.524. The van der Waals surface area contributed by atoms with Crippen molar-refractivity contribution in [2.45, 2.75) is 63.3 Å². The largest absolute Gasteiger partial charge is 0.393 e. The van der Waals surface area contributed by atoms with Crippen LogP contribution in [0.2, 0.25) is 0 Å². The van der Waals surface area contributed by atoms with E-state index in [9.17, 15) is 9.90 Å². The number of fused-ring (bicyclic) bond motifs is 2. The second-order valence-electron chi connectivity index (χ2n) is 7.59. The number of rotatable bonds is 6. The average molecular weight is 353 g/mol. The molecule has 2 bridgehead atoms. The lowest BCUT2D eigenvalue weighted by molar-refractivity contribution is 0.0345. The summed E-state index contributed by atoms with van der Waals surface area (Å²) in [4.78, 5) is 15.3. The number of hydrogen-bond acceptors (Lipinski definition) is 4. The van der Waals surface area contributed by atoms with Crippen LogP contribution < -0.4 is 5.56 Å². The third-order valence-electron chi connectivity index (χ3n) is 5.89. The maximum Gasteiger partial charge on any atom is 0.274 e. The van der Waals surface area contributed by atoms with Gasteiger partial charge in [-0.3, -0.25) is 9.69 Å². The first-order chi connectivity index (χ1) is 12.7. The van der Waals surface area contributed by atoms with Gasteiger partial charge in [-0.1, -0.05) is 30.3 Å². The van der Waals surface area contributed by atoms with Gasteiger partial charge in [0.05, 0.1) is 11.7 Å². The number of hydrogen-bond donors (Lipinski definition) is 1. The molecular formula is C21H27N3O2. The molecule has 5 nitrogen and oxygen atoms in total. The van der Waals surface area contributed by atoms with Crippen LogP contribution in [0, 0.1) is 0 Å². The molecular weight excluding hydrogens is 326 g/mol. The first-order valence-corrected chi connectivity index (χ1v) is 9.78. The highest BCUT2D eigenvalue weighted by molar-refractivity contribution is 5.61. The maximum absolute atomic E-state index is 12.7. The number of benzene rings is 1. The Labute approximate surface area is 154 Å². The zero-order valence-electron chi connectivity index (χ0n) is 15.1. The average Bonchev–Trinajstić information content (AvgIpc) is 2.90. The van der Waals surface area contributed by atoms with Gasteiger partial charge in [0.2, 0.25) is 0 Å². The molecule has 2 aliphatic rings. The molecule has 2 fully saturated rings. The van der Waals surface area contributed by atoms with Gasteiger partial charge in [0.25, 0.3) is 5.56 Å². The highest BCUT2D eigenvalue weighted by Gasteiger charge is 2.39. The van der Waals surface area contributed by atoms with Gasteiger partial charge in [-0.15, -0.1) is 0 Å². The number of piperidine rings is 1. The number of unbranched alkanes of at least 4 members (excludes halogenated alkanes) is 1. The second kappa shape index (κ2) is 7.72. The quantitative estimate of drug-likeness (QED) is 0.811. The molecule has 2 aromatic rings. The van der Waals surface area contributed by atoms with Crippen LogP contribution in [0.5, 0.6) is 0 Å². The first-order valence-electron chi connectivity index (χ1n) is 9.78. The predicted molar refractivity (Wildman–Crippen MR) is 102 cm³/mol. The Morgan fingerprint density at radius 2 is 1.69 bits per heavy atom. The monoisotopic (exact) mass is 353 g/mol. The number of aliphatic hydroxyl groups excluding tert-OH is 1. The third-order valence-corrected chi connectivity index (χ3v) is 5.89. The highest BCUT2D eigenvalue weighted by Crippen LogP contribution is 2.35. The van der Waals surface area contributed by atoms with Crippen LogP contribution in [0.15, 0.2) is 47.4 Å². The maximum atomic E-state index is 12.7. The van der Waals surface area contributed by atoms with Crippen LogP contribution in [0.3, 0.4) is 0 Å². The molecule has 138 valence electrons. The van der Waals surface area contributed by atoms with Crippen LogP contribution in [0.1, 0.15) is 38.5 Å². The number of aliphatic hydroxyl groups is 1. The van der Waals surface area contributed by atoms with E-state index in [-0.39, 0.29) is 11.7 Å². The van der Waals surface area contributed by atoms with Gasteiger partial charge in [-0.2, -0.15) is 5.10 Å². The topological polar surface area (TPSA) is 58.4 Å². The Bertz CT molecular complexity index is 775. The molecule has 0 amide bonds. The van der Waals surface area contributed by atoms with Crippen molar-refractivity contribution in [2.75, 3.05) is 6.54 Å². The van der Waals surface area contributed by atoms with Gasteiger partial charge < -0.3 is 5.11 Å². The minimum atomic E-state index is -0.104. The van der Waals surface area contributed by atoms with Crippen molar-refractivity contribution in [3.05, 3.63) is 52.9 Å². The van der Waals surface area contributed by atoms with Crippen LogP contribution in [-0.4, -0.2) is 44.5 Å².